The lowest BCUT2D eigenvalue weighted by molar-refractivity contribution is 0.114. The van der Waals surface area contributed by atoms with Gasteiger partial charge in [0.05, 0.1) is 18.6 Å². The fraction of sp³-hybridized carbons (Fsp3) is 0.600. The van der Waals surface area contributed by atoms with E-state index in [1.165, 1.54) is 0 Å². The zero-order chi connectivity index (χ0) is 19.1. The number of oxazole rings is 1. The number of aromatic nitrogens is 1. The molecule has 1 aliphatic rings. The highest BCUT2D eigenvalue weighted by Gasteiger charge is 2.19. The van der Waals surface area contributed by atoms with Crippen LogP contribution in [-0.2, 0) is 23.1 Å². The van der Waals surface area contributed by atoms with Gasteiger partial charge in [0.2, 0.25) is 5.89 Å². The fourth-order valence-corrected chi connectivity index (χ4v) is 2.83. The van der Waals surface area contributed by atoms with Crippen LogP contribution in [0, 0.1) is 0 Å². The summed E-state index contributed by atoms with van der Waals surface area (Å²) in [6.07, 6.45) is 6.72. The maximum Gasteiger partial charge on any atom is 0.216 e. The molecule has 0 saturated carbocycles. The zero-order valence-electron chi connectivity index (χ0n) is 16.9. The Morgan fingerprint density at radius 1 is 1.32 bits per heavy atom. The molecule has 3 heterocycles. The van der Waals surface area contributed by atoms with Crippen molar-refractivity contribution in [3.63, 3.8) is 0 Å². The number of guanidine groups is 1. The molecular weight excluding hydrogens is 471 g/mol. The predicted molar refractivity (Wildman–Crippen MR) is 119 cm³/mol. The highest BCUT2D eigenvalue weighted by molar-refractivity contribution is 14.0. The second-order valence-electron chi connectivity index (χ2n) is 7.81. The number of halogens is 1. The average molecular weight is 502 g/mol. The highest BCUT2D eigenvalue weighted by atomic mass is 127. The minimum absolute atomic E-state index is 0. The molecule has 1 atom stereocenters. The Morgan fingerprint density at radius 3 is 2.82 bits per heavy atom. The Kier molecular flexibility index (Phi) is 8.81. The maximum atomic E-state index is 5.83. The van der Waals surface area contributed by atoms with Gasteiger partial charge in [-0.2, -0.15) is 0 Å². The van der Waals surface area contributed by atoms with Crippen LogP contribution in [-0.4, -0.2) is 36.7 Å². The van der Waals surface area contributed by atoms with Crippen molar-refractivity contribution in [2.75, 3.05) is 19.7 Å². The molecule has 28 heavy (non-hydrogen) atoms. The van der Waals surface area contributed by atoms with E-state index in [9.17, 15) is 0 Å². The maximum absolute atomic E-state index is 5.83. The van der Waals surface area contributed by atoms with Gasteiger partial charge in [-0.15, -0.1) is 24.0 Å². The minimum atomic E-state index is -0.0584. The van der Waals surface area contributed by atoms with Crippen LogP contribution in [0.25, 0.3) is 0 Å². The molecule has 2 aromatic rings. The molecule has 0 spiro atoms. The van der Waals surface area contributed by atoms with Crippen molar-refractivity contribution in [1.29, 1.82) is 0 Å². The number of aliphatic imine (C=N–C) groups is 1. The molecule has 8 heteroatoms. The molecule has 0 amide bonds. The molecule has 1 unspecified atom stereocenters. The van der Waals surface area contributed by atoms with E-state index in [4.69, 9.17) is 13.6 Å². The summed E-state index contributed by atoms with van der Waals surface area (Å²) in [5.41, 5.74) is -0.0584. The van der Waals surface area contributed by atoms with Crippen molar-refractivity contribution < 1.29 is 13.6 Å². The SMILES string of the molecule is CC(C)(C)c1cnc(CN=C(NCCc2ccco2)NCC2CCCO2)o1.I. The van der Waals surface area contributed by atoms with Gasteiger partial charge in [0.25, 0.3) is 0 Å². The minimum Gasteiger partial charge on any atom is -0.469 e. The molecule has 7 nitrogen and oxygen atoms in total. The summed E-state index contributed by atoms with van der Waals surface area (Å²) in [5.74, 6) is 3.16. The molecular formula is C20H31IN4O3. The molecule has 2 N–H and O–H groups in total. The van der Waals surface area contributed by atoms with Crippen molar-refractivity contribution in [3.8, 4) is 0 Å². The monoisotopic (exact) mass is 502 g/mol. The van der Waals surface area contributed by atoms with E-state index in [0.717, 1.165) is 56.4 Å². The van der Waals surface area contributed by atoms with Gasteiger partial charge >= 0.3 is 0 Å². The standard InChI is InChI=1S/C20H30N4O3.HI/c1-20(2,3)17-13-22-18(27-17)14-24-19(23-12-16-7-5-11-26-16)21-9-8-15-6-4-10-25-15;/h4,6,10,13,16H,5,7-9,11-12,14H2,1-3H3,(H2,21,23,24);1H. The Bertz CT molecular complexity index is 716. The molecule has 2 aromatic heterocycles. The lowest BCUT2D eigenvalue weighted by Crippen LogP contribution is -2.41. The summed E-state index contributed by atoms with van der Waals surface area (Å²) in [6.45, 7) is 9.01. The quantitative estimate of drug-likeness (QED) is 0.342. The highest BCUT2D eigenvalue weighted by Crippen LogP contribution is 2.22. The number of nitrogens with zero attached hydrogens (tertiary/aromatic N) is 2. The van der Waals surface area contributed by atoms with Crippen molar-refractivity contribution in [3.05, 3.63) is 42.0 Å². The first-order chi connectivity index (χ1) is 13.0. The summed E-state index contributed by atoms with van der Waals surface area (Å²) < 4.78 is 16.9. The molecule has 1 aliphatic heterocycles. The summed E-state index contributed by atoms with van der Waals surface area (Å²) in [6, 6.07) is 3.87. The van der Waals surface area contributed by atoms with Crippen LogP contribution in [0.1, 0.15) is 51.0 Å². The smallest absolute Gasteiger partial charge is 0.216 e. The van der Waals surface area contributed by atoms with E-state index in [2.05, 4.69) is 41.4 Å². The molecule has 0 bridgehead atoms. The lowest BCUT2D eigenvalue weighted by Gasteiger charge is -2.15. The number of hydrogen-bond acceptors (Lipinski definition) is 5. The fourth-order valence-electron chi connectivity index (χ4n) is 2.83. The zero-order valence-corrected chi connectivity index (χ0v) is 19.2. The number of nitrogens with one attached hydrogen (secondary N) is 2. The van der Waals surface area contributed by atoms with Crippen LogP contribution in [0.2, 0.25) is 0 Å². The molecule has 0 radical (unpaired) electrons. The third-order valence-electron chi connectivity index (χ3n) is 4.43. The van der Waals surface area contributed by atoms with E-state index < -0.39 is 0 Å². The molecule has 156 valence electrons. The average Bonchev–Trinajstić information content (AvgIpc) is 3.39. The van der Waals surface area contributed by atoms with E-state index in [-0.39, 0.29) is 35.5 Å². The molecule has 0 aliphatic carbocycles. The van der Waals surface area contributed by atoms with Crippen LogP contribution in [0.15, 0.2) is 38.4 Å². The first-order valence-corrected chi connectivity index (χ1v) is 9.62. The summed E-state index contributed by atoms with van der Waals surface area (Å²) in [7, 11) is 0. The topological polar surface area (TPSA) is 84.8 Å². The number of rotatable bonds is 7. The van der Waals surface area contributed by atoms with Gasteiger partial charge in [-0.3, -0.25) is 0 Å². The van der Waals surface area contributed by atoms with E-state index in [1.807, 2.05) is 12.1 Å². The van der Waals surface area contributed by atoms with Gasteiger partial charge in [0.15, 0.2) is 5.96 Å². The van der Waals surface area contributed by atoms with Gasteiger partial charge in [-0.05, 0) is 25.0 Å². The van der Waals surface area contributed by atoms with Crippen molar-refractivity contribution in [1.82, 2.24) is 15.6 Å². The third kappa shape index (κ3) is 7.12. The van der Waals surface area contributed by atoms with Crippen LogP contribution in [0.4, 0.5) is 0 Å². The van der Waals surface area contributed by atoms with Crippen LogP contribution in [0.5, 0.6) is 0 Å². The van der Waals surface area contributed by atoms with E-state index >= 15 is 0 Å². The Balaban J connectivity index is 0.00000280. The largest absolute Gasteiger partial charge is 0.469 e. The van der Waals surface area contributed by atoms with Crippen molar-refractivity contribution >= 4 is 29.9 Å². The van der Waals surface area contributed by atoms with Gasteiger partial charge in [0, 0.05) is 31.5 Å². The van der Waals surface area contributed by atoms with Crippen molar-refractivity contribution in [2.45, 2.75) is 58.1 Å². The van der Waals surface area contributed by atoms with Gasteiger partial charge in [-0.25, -0.2) is 9.98 Å². The number of furan rings is 1. The summed E-state index contributed by atoms with van der Waals surface area (Å²) >= 11 is 0. The van der Waals surface area contributed by atoms with E-state index in [0.29, 0.717) is 12.4 Å². The van der Waals surface area contributed by atoms with Crippen LogP contribution in [0.3, 0.4) is 0 Å². The van der Waals surface area contributed by atoms with Gasteiger partial charge < -0.3 is 24.2 Å². The second-order valence-corrected chi connectivity index (χ2v) is 7.81. The molecule has 1 fully saturated rings. The Hall–Kier alpha value is -1.55. The first-order valence-electron chi connectivity index (χ1n) is 9.62. The Labute approximate surface area is 183 Å². The first kappa shape index (κ1) is 22.7. The Morgan fingerprint density at radius 2 is 2.18 bits per heavy atom. The molecule has 3 rings (SSSR count). The molecule has 1 saturated heterocycles. The van der Waals surface area contributed by atoms with Crippen LogP contribution >= 0.6 is 24.0 Å². The summed E-state index contributed by atoms with van der Waals surface area (Å²) in [5, 5.41) is 6.71. The normalized spacial score (nSPS) is 17.4. The third-order valence-corrected chi connectivity index (χ3v) is 4.43. The lowest BCUT2D eigenvalue weighted by atomic mass is 9.94. The van der Waals surface area contributed by atoms with Crippen LogP contribution < -0.4 is 10.6 Å². The summed E-state index contributed by atoms with van der Waals surface area (Å²) in [4.78, 5) is 8.97. The molecule has 0 aromatic carbocycles. The second kappa shape index (κ2) is 10.8. The van der Waals surface area contributed by atoms with Crippen molar-refractivity contribution in [2.24, 2.45) is 4.99 Å². The van der Waals surface area contributed by atoms with Gasteiger partial charge in [-0.1, -0.05) is 20.8 Å². The van der Waals surface area contributed by atoms with Gasteiger partial charge in [0.1, 0.15) is 18.1 Å². The number of ether oxygens (including phenoxy) is 1. The number of hydrogen-bond donors (Lipinski definition) is 2. The van der Waals surface area contributed by atoms with E-state index in [1.54, 1.807) is 12.5 Å². The predicted octanol–water partition coefficient (Wildman–Crippen LogP) is 3.64.